The van der Waals surface area contributed by atoms with Crippen molar-refractivity contribution in [3.8, 4) is 5.75 Å². The van der Waals surface area contributed by atoms with Crippen LogP contribution in [0.4, 0.5) is 0 Å². The van der Waals surface area contributed by atoms with Gasteiger partial charge in [-0.2, -0.15) is 0 Å². The van der Waals surface area contributed by atoms with Crippen LogP contribution >= 0.6 is 15.9 Å². The van der Waals surface area contributed by atoms with E-state index in [4.69, 9.17) is 9.15 Å². The van der Waals surface area contributed by atoms with E-state index in [0.29, 0.717) is 24.5 Å². The lowest BCUT2D eigenvalue weighted by Crippen LogP contribution is -2.23. The molecule has 1 amide bonds. The van der Waals surface area contributed by atoms with Gasteiger partial charge in [-0.1, -0.05) is 15.9 Å². The smallest absolute Gasteiger partial charge is 0.255 e. The first-order valence-electron chi connectivity index (χ1n) is 6.41. The first kappa shape index (κ1) is 13.2. The summed E-state index contributed by atoms with van der Waals surface area (Å²) in [4.78, 5) is 12.1. The third-order valence-electron chi connectivity index (χ3n) is 3.37. The third kappa shape index (κ3) is 2.45. The molecule has 2 heterocycles. The van der Waals surface area contributed by atoms with Crippen molar-refractivity contribution in [1.29, 1.82) is 0 Å². The molecule has 3 rings (SSSR count). The number of carbonyl (C=O) groups excluding carboxylic acids is 1. The zero-order valence-electron chi connectivity index (χ0n) is 11.0. The second-order valence-electron chi connectivity index (χ2n) is 4.72. The van der Waals surface area contributed by atoms with Gasteiger partial charge in [0.2, 0.25) is 0 Å². The van der Waals surface area contributed by atoms with Gasteiger partial charge in [0.25, 0.3) is 5.91 Å². The molecule has 1 aromatic carbocycles. The molecule has 5 heteroatoms. The number of nitrogens with one attached hydrogen (secondary N) is 1. The molecule has 2 aromatic rings. The highest BCUT2D eigenvalue weighted by molar-refractivity contribution is 9.10. The van der Waals surface area contributed by atoms with Crippen LogP contribution < -0.4 is 10.1 Å². The minimum Gasteiger partial charge on any atom is -0.493 e. The topological polar surface area (TPSA) is 51.5 Å². The molecule has 0 spiro atoms. The van der Waals surface area contributed by atoms with Crippen LogP contribution in [0.15, 0.2) is 33.4 Å². The molecule has 104 valence electrons. The summed E-state index contributed by atoms with van der Waals surface area (Å²) in [6.07, 6.45) is 2.43. The highest BCUT2D eigenvalue weighted by Crippen LogP contribution is 2.32. The fourth-order valence-electron chi connectivity index (χ4n) is 2.37. The number of carbonyl (C=O) groups is 1. The largest absolute Gasteiger partial charge is 0.493 e. The summed E-state index contributed by atoms with van der Waals surface area (Å²) in [5.74, 6) is 1.39. The maximum atomic E-state index is 12.1. The van der Waals surface area contributed by atoms with Crippen molar-refractivity contribution in [3.63, 3.8) is 0 Å². The van der Waals surface area contributed by atoms with Crippen molar-refractivity contribution in [2.45, 2.75) is 19.9 Å². The second kappa shape index (κ2) is 5.32. The van der Waals surface area contributed by atoms with Crippen LogP contribution in [0.1, 0.15) is 27.2 Å². The summed E-state index contributed by atoms with van der Waals surface area (Å²) in [6.45, 7) is 2.91. The van der Waals surface area contributed by atoms with Gasteiger partial charge in [0, 0.05) is 23.0 Å². The van der Waals surface area contributed by atoms with Crippen LogP contribution in [0.5, 0.6) is 5.75 Å². The molecule has 0 saturated carbocycles. The molecule has 1 aromatic heterocycles. The van der Waals surface area contributed by atoms with E-state index in [2.05, 4.69) is 27.3 Å². The molecule has 20 heavy (non-hydrogen) atoms. The van der Waals surface area contributed by atoms with Crippen molar-refractivity contribution in [2.24, 2.45) is 0 Å². The van der Waals surface area contributed by atoms with E-state index in [1.807, 2.05) is 6.07 Å². The monoisotopic (exact) mass is 335 g/mol. The molecule has 4 nitrogen and oxygen atoms in total. The highest BCUT2D eigenvalue weighted by Gasteiger charge is 2.18. The Bertz CT molecular complexity index is 663. The molecule has 1 aliphatic rings. The molecule has 0 unspecified atom stereocenters. The molecular formula is C15H14BrNO3. The number of halogens is 1. The number of hydrogen-bond donors (Lipinski definition) is 1. The lowest BCUT2D eigenvalue weighted by molar-refractivity contribution is 0.0949. The Labute approximate surface area is 125 Å². The number of benzene rings is 1. The number of rotatable bonds is 3. The zero-order valence-corrected chi connectivity index (χ0v) is 12.6. The van der Waals surface area contributed by atoms with E-state index < -0.39 is 0 Å². The van der Waals surface area contributed by atoms with Gasteiger partial charge in [-0.3, -0.25) is 4.79 Å². The van der Waals surface area contributed by atoms with Crippen molar-refractivity contribution in [3.05, 3.63) is 51.4 Å². The van der Waals surface area contributed by atoms with E-state index >= 15 is 0 Å². The van der Waals surface area contributed by atoms with Crippen LogP contribution in [0.3, 0.4) is 0 Å². The van der Waals surface area contributed by atoms with Crippen molar-refractivity contribution >= 4 is 21.8 Å². The normalized spacial score (nSPS) is 12.9. The van der Waals surface area contributed by atoms with Gasteiger partial charge in [-0.15, -0.1) is 0 Å². The number of fused-ring (bicyclic) bond motifs is 1. The molecule has 0 aliphatic carbocycles. The zero-order chi connectivity index (χ0) is 14.1. The van der Waals surface area contributed by atoms with Crippen LogP contribution in [0.25, 0.3) is 0 Å². The fraction of sp³-hybridized carbons (Fsp3) is 0.267. The maximum absolute atomic E-state index is 12.1. The van der Waals surface area contributed by atoms with E-state index in [-0.39, 0.29) is 5.91 Å². The first-order chi connectivity index (χ1) is 9.65. The SMILES string of the molecule is Cc1occc1C(=O)NCc1cc(Br)cc2c1OCC2. The predicted octanol–water partition coefficient (Wildman–Crippen LogP) is 3.22. The van der Waals surface area contributed by atoms with Gasteiger partial charge in [0.05, 0.1) is 18.4 Å². The summed E-state index contributed by atoms with van der Waals surface area (Å²) in [6, 6.07) is 5.72. The average molecular weight is 336 g/mol. The number of furan rings is 1. The minimum absolute atomic E-state index is 0.136. The molecule has 0 radical (unpaired) electrons. The Morgan fingerprint density at radius 1 is 1.45 bits per heavy atom. The molecule has 0 bridgehead atoms. The summed E-state index contributed by atoms with van der Waals surface area (Å²) in [5.41, 5.74) is 2.74. The molecular weight excluding hydrogens is 322 g/mol. The van der Waals surface area contributed by atoms with Crippen molar-refractivity contribution in [2.75, 3.05) is 6.61 Å². The van der Waals surface area contributed by atoms with Gasteiger partial charge in [0.1, 0.15) is 11.5 Å². The Hall–Kier alpha value is -1.75. The van der Waals surface area contributed by atoms with E-state index in [1.165, 1.54) is 11.8 Å². The highest BCUT2D eigenvalue weighted by atomic mass is 79.9. The molecule has 0 saturated heterocycles. The quantitative estimate of drug-likeness (QED) is 0.936. The third-order valence-corrected chi connectivity index (χ3v) is 3.83. The molecule has 1 N–H and O–H groups in total. The fourth-order valence-corrected chi connectivity index (χ4v) is 2.92. The molecule has 0 fully saturated rings. The summed E-state index contributed by atoms with van der Waals surface area (Å²) < 4.78 is 11.8. The summed E-state index contributed by atoms with van der Waals surface area (Å²) in [5, 5.41) is 2.90. The minimum atomic E-state index is -0.136. The number of hydrogen-bond acceptors (Lipinski definition) is 3. The van der Waals surface area contributed by atoms with E-state index in [1.54, 1.807) is 13.0 Å². The Morgan fingerprint density at radius 3 is 3.05 bits per heavy atom. The maximum Gasteiger partial charge on any atom is 0.255 e. The van der Waals surface area contributed by atoms with Gasteiger partial charge >= 0.3 is 0 Å². The second-order valence-corrected chi connectivity index (χ2v) is 5.64. The van der Waals surface area contributed by atoms with Crippen LogP contribution in [-0.2, 0) is 13.0 Å². The van der Waals surface area contributed by atoms with Crippen molar-refractivity contribution < 1.29 is 13.9 Å². The standard InChI is InChI=1S/C15H14BrNO3/c1-9-13(3-5-19-9)15(18)17-8-11-7-12(16)6-10-2-4-20-14(10)11/h3,5-7H,2,4,8H2,1H3,(H,17,18). The van der Waals surface area contributed by atoms with Gasteiger partial charge in [-0.25, -0.2) is 0 Å². The van der Waals surface area contributed by atoms with E-state index in [0.717, 1.165) is 22.2 Å². The average Bonchev–Trinajstić information content (AvgIpc) is 3.03. The Morgan fingerprint density at radius 2 is 2.30 bits per heavy atom. The number of amides is 1. The van der Waals surface area contributed by atoms with Crippen LogP contribution in [-0.4, -0.2) is 12.5 Å². The number of aryl methyl sites for hydroxylation is 1. The predicted molar refractivity (Wildman–Crippen MR) is 78.0 cm³/mol. The van der Waals surface area contributed by atoms with Gasteiger partial charge < -0.3 is 14.5 Å². The van der Waals surface area contributed by atoms with Crippen LogP contribution in [0.2, 0.25) is 0 Å². The van der Waals surface area contributed by atoms with E-state index in [9.17, 15) is 4.79 Å². The summed E-state index contributed by atoms with van der Waals surface area (Å²) in [7, 11) is 0. The molecule has 1 aliphatic heterocycles. The van der Waals surface area contributed by atoms with Gasteiger partial charge in [0.15, 0.2) is 0 Å². The lowest BCUT2D eigenvalue weighted by atomic mass is 10.1. The lowest BCUT2D eigenvalue weighted by Gasteiger charge is -2.10. The van der Waals surface area contributed by atoms with Crippen LogP contribution in [0, 0.1) is 6.92 Å². The molecule has 0 atom stereocenters. The first-order valence-corrected chi connectivity index (χ1v) is 7.21. The Kier molecular flexibility index (Phi) is 3.53. The summed E-state index contributed by atoms with van der Waals surface area (Å²) >= 11 is 3.49. The number of ether oxygens (including phenoxy) is 1. The van der Waals surface area contributed by atoms with Gasteiger partial charge in [-0.05, 0) is 30.7 Å². The van der Waals surface area contributed by atoms with Crippen molar-refractivity contribution in [1.82, 2.24) is 5.32 Å². The Balaban J connectivity index is 1.76.